The predicted octanol–water partition coefficient (Wildman–Crippen LogP) is 1.73. The summed E-state index contributed by atoms with van der Waals surface area (Å²) in [6.07, 6.45) is 7.49. The Morgan fingerprint density at radius 3 is 2.50 bits per heavy atom. The first kappa shape index (κ1) is 21.5. The van der Waals surface area contributed by atoms with Gasteiger partial charge in [-0.3, -0.25) is 0 Å². The third-order valence-electron chi connectivity index (χ3n) is 5.54. The molecular formula is C21H29IN2OS. The monoisotopic (exact) mass is 484 g/mol. The van der Waals surface area contributed by atoms with Crippen LogP contribution in [-0.4, -0.2) is 18.5 Å². The van der Waals surface area contributed by atoms with Gasteiger partial charge in [-0.15, -0.1) is 0 Å². The number of nitrogens with zero attached hydrogens (tertiary/aromatic N) is 2. The molecule has 5 heteroatoms. The van der Waals surface area contributed by atoms with Crippen LogP contribution in [0.2, 0.25) is 0 Å². The van der Waals surface area contributed by atoms with E-state index in [1.54, 1.807) is 18.9 Å². The van der Waals surface area contributed by atoms with E-state index in [1.807, 2.05) is 0 Å². The van der Waals surface area contributed by atoms with E-state index >= 15 is 0 Å². The van der Waals surface area contributed by atoms with Crippen molar-refractivity contribution in [2.24, 2.45) is 0 Å². The minimum Gasteiger partial charge on any atom is -1.00 e. The lowest BCUT2D eigenvalue weighted by Gasteiger charge is -2.14. The van der Waals surface area contributed by atoms with Crippen LogP contribution < -0.4 is 33.4 Å². The maximum Gasteiger partial charge on any atom is 0.266 e. The predicted molar refractivity (Wildman–Crippen MR) is 104 cm³/mol. The van der Waals surface area contributed by atoms with E-state index in [2.05, 4.69) is 49.9 Å². The maximum atomic E-state index is 5.51. The van der Waals surface area contributed by atoms with Crippen LogP contribution in [0.3, 0.4) is 0 Å². The van der Waals surface area contributed by atoms with Gasteiger partial charge < -0.3 is 28.7 Å². The van der Waals surface area contributed by atoms with E-state index in [0.717, 1.165) is 12.3 Å². The largest absolute Gasteiger partial charge is 1.00 e. The lowest BCUT2D eigenvalue weighted by molar-refractivity contribution is -0.780. The fourth-order valence-corrected chi connectivity index (χ4v) is 4.57. The number of thioether (sulfide) groups is 1. The molecule has 0 radical (unpaired) electrons. The summed E-state index contributed by atoms with van der Waals surface area (Å²) in [5, 5.41) is 6.22. The van der Waals surface area contributed by atoms with E-state index in [1.165, 1.54) is 58.7 Å². The summed E-state index contributed by atoms with van der Waals surface area (Å²) >= 11 is 1.79. The van der Waals surface area contributed by atoms with Crippen molar-refractivity contribution >= 4 is 11.8 Å². The highest BCUT2D eigenvalue weighted by Gasteiger charge is 2.25. The number of hydrogen-bond acceptors (Lipinski definition) is 3. The van der Waals surface area contributed by atoms with E-state index in [9.17, 15) is 0 Å². The van der Waals surface area contributed by atoms with Gasteiger partial charge in [0.05, 0.1) is 7.11 Å². The number of benzene rings is 1. The topological polar surface area (TPSA) is 26.0 Å². The number of hydrogen-bond donors (Lipinski definition) is 0. The number of halogens is 1. The van der Waals surface area contributed by atoms with Crippen molar-refractivity contribution in [1.82, 2.24) is 5.10 Å². The van der Waals surface area contributed by atoms with Crippen LogP contribution in [0, 0.1) is 20.8 Å². The second kappa shape index (κ2) is 9.40. The molecule has 1 aliphatic carbocycles. The Morgan fingerprint density at radius 1 is 1.19 bits per heavy atom. The van der Waals surface area contributed by atoms with Gasteiger partial charge in [-0.2, -0.15) is 0 Å². The van der Waals surface area contributed by atoms with Gasteiger partial charge in [0.15, 0.2) is 0 Å². The van der Waals surface area contributed by atoms with Crippen LogP contribution in [0.1, 0.15) is 59.5 Å². The van der Waals surface area contributed by atoms with Gasteiger partial charge in [-0.25, -0.2) is 0 Å². The molecule has 0 spiro atoms. The minimum absolute atomic E-state index is 0. The smallest absolute Gasteiger partial charge is 0.266 e. The lowest BCUT2D eigenvalue weighted by atomic mass is 9.97. The molecule has 1 fully saturated rings. The SMILES string of the molecule is COc1ccc(C)c(C[n+]2nc(C)c(C3CCCC3)cc2SC)c1C.[I-]. The van der Waals surface area contributed by atoms with Gasteiger partial charge in [0.25, 0.3) is 5.03 Å². The summed E-state index contributed by atoms with van der Waals surface area (Å²) in [5.41, 5.74) is 6.44. The van der Waals surface area contributed by atoms with Gasteiger partial charge in [0, 0.05) is 17.2 Å². The van der Waals surface area contributed by atoms with Gasteiger partial charge in [0.1, 0.15) is 11.4 Å². The third kappa shape index (κ3) is 4.35. The zero-order chi connectivity index (χ0) is 18.0. The Hall–Kier alpha value is -0.820. The van der Waals surface area contributed by atoms with Crippen molar-refractivity contribution < 1.29 is 33.4 Å². The molecule has 0 atom stereocenters. The molecule has 1 saturated carbocycles. The van der Waals surface area contributed by atoms with E-state index in [-0.39, 0.29) is 24.0 Å². The van der Waals surface area contributed by atoms with Crippen LogP contribution in [-0.2, 0) is 6.54 Å². The van der Waals surface area contributed by atoms with E-state index in [0.29, 0.717) is 5.92 Å². The highest BCUT2D eigenvalue weighted by molar-refractivity contribution is 7.98. The molecule has 0 N–H and O–H groups in total. The van der Waals surface area contributed by atoms with Crippen LogP contribution in [0.15, 0.2) is 23.2 Å². The molecule has 0 unspecified atom stereocenters. The Labute approximate surface area is 178 Å². The first-order valence-corrected chi connectivity index (χ1v) is 10.4. The molecule has 0 bridgehead atoms. The molecule has 0 saturated heterocycles. The normalized spacial score (nSPS) is 14.3. The summed E-state index contributed by atoms with van der Waals surface area (Å²) in [6, 6.07) is 6.57. The van der Waals surface area contributed by atoms with Gasteiger partial charge in [-0.1, -0.05) is 35.4 Å². The summed E-state index contributed by atoms with van der Waals surface area (Å²) in [6.45, 7) is 7.26. The first-order chi connectivity index (χ1) is 12.0. The number of aromatic nitrogens is 2. The summed E-state index contributed by atoms with van der Waals surface area (Å²) < 4.78 is 7.67. The van der Waals surface area contributed by atoms with Gasteiger partial charge in [-0.05, 0) is 68.1 Å². The van der Waals surface area contributed by atoms with Crippen LogP contribution in [0.25, 0.3) is 0 Å². The quantitative estimate of drug-likeness (QED) is 0.368. The number of methoxy groups -OCH3 is 1. The fourth-order valence-electron chi connectivity index (χ4n) is 4.01. The lowest BCUT2D eigenvalue weighted by Crippen LogP contribution is -3.00. The van der Waals surface area contributed by atoms with Crippen molar-refractivity contribution in [2.45, 2.75) is 63.9 Å². The second-order valence-electron chi connectivity index (χ2n) is 7.05. The molecule has 1 heterocycles. The average Bonchev–Trinajstić information content (AvgIpc) is 3.13. The molecule has 3 rings (SSSR count). The van der Waals surface area contributed by atoms with Crippen molar-refractivity contribution in [1.29, 1.82) is 0 Å². The molecule has 3 nitrogen and oxygen atoms in total. The zero-order valence-corrected chi connectivity index (χ0v) is 19.4. The van der Waals surface area contributed by atoms with E-state index in [4.69, 9.17) is 9.84 Å². The van der Waals surface area contributed by atoms with Crippen molar-refractivity contribution in [3.63, 3.8) is 0 Å². The molecule has 1 aliphatic rings. The average molecular weight is 484 g/mol. The summed E-state index contributed by atoms with van der Waals surface area (Å²) in [5.74, 6) is 1.65. The Kier molecular flexibility index (Phi) is 7.76. The van der Waals surface area contributed by atoms with Crippen LogP contribution in [0.5, 0.6) is 5.75 Å². The standard InChI is InChI=1S/C21H29N2OS.HI/c1-14-10-11-20(24-4)15(2)19(14)13-23-21(25-5)12-18(16(3)22-23)17-8-6-7-9-17;/h10-12,17H,6-9,13H2,1-5H3;1H/q+1;/p-1. The molecule has 0 aliphatic heterocycles. The number of ether oxygens (including phenoxy) is 1. The number of aryl methyl sites for hydroxylation is 2. The van der Waals surface area contributed by atoms with Crippen LogP contribution in [0.4, 0.5) is 0 Å². The Morgan fingerprint density at radius 2 is 1.88 bits per heavy atom. The van der Waals surface area contributed by atoms with Gasteiger partial charge >= 0.3 is 0 Å². The molecule has 2 aromatic rings. The summed E-state index contributed by atoms with van der Waals surface area (Å²) in [4.78, 5) is 0. The maximum absolute atomic E-state index is 5.51. The van der Waals surface area contributed by atoms with Crippen LogP contribution >= 0.6 is 11.8 Å². The molecule has 26 heavy (non-hydrogen) atoms. The highest BCUT2D eigenvalue weighted by Crippen LogP contribution is 2.36. The van der Waals surface area contributed by atoms with Gasteiger partial charge in [0.2, 0.25) is 6.54 Å². The second-order valence-corrected chi connectivity index (χ2v) is 7.88. The van der Waals surface area contributed by atoms with Crippen molar-refractivity contribution in [3.05, 3.63) is 46.1 Å². The Balaban J connectivity index is 0.00000243. The fraction of sp³-hybridized carbons (Fsp3) is 0.524. The zero-order valence-electron chi connectivity index (χ0n) is 16.4. The third-order valence-corrected chi connectivity index (χ3v) is 6.28. The molecule has 1 aromatic carbocycles. The molecule has 1 aromatic heterocycles. The Bertz CT molecular complexity index is 773. The highest BCUT2D eigenvalue weighted by atomic mass is 127. The minimum atomic E-state index is 0. The van der Waals surface area contributed by atoms with Crippen molar-refractivity contribution in [3.8, 4) is 5.75 Å². The number of rotatable bonds is 5. The van der Waals surface area contributed by atoms with Crippen molar-refractivity contribution in [2.75, 3.05) is 13.4 Å². The first-order valence-electron chi connectivity index (χ1n) is 9.13. The van der Waals surface area contributed by atoms with E-state index < -0.39 is 0 Å². The molecule has 142 valence electrons. The molecular weight excluding hydrogens is 455 g/mol. The molecule has 0 amide bonds. The summed E-state index contributed by atoms with van der Waals surface area (Å²) in [7, 11) is 1.74.